The average molecular weight is 414 g/mol. The summed E-state index contributed by atoms with van der Waals surface area (Å²) in [6, 6.07) is 5.22. The summed E-state index contributed by atoms with van der Waals surface area (Å²) in [5.74, 6) is 0.102. The molecule has 0 atom stereocenters. The van der Waals surface area contributed by atoms with Gasteiger partial charge in [0.05, 0.1) is 17.4 Å². The number of ketones is 1. The second-order valence-electron chi connectivity index (χ2n) is 5.65. The third kappa shape index (κ3) is 3.54. The van der Waals surface area contributed by atoms with E-state index in [0.29, 0.717) is 28.3 Å². The molecule has 24 heavy (non-hydrogen) atoms. The maximum atomic E-state index is 13.0. The van der Waals surface area contributed by atoms with Gasteiger partial charge in [0.1, 0.15) is 6.26 Å². The first kappa shape index (κ1) is 17.5. The molecule has 6 nitrogen and oxygen atoms in total. The number of carbonyl (C=O) groups excluding carboxylic acids is 1. The summed E-state index contributed by atoms with van der Waals surface area (Å²) >= 11 is 3.38. The van der Waals surface area contributed by atoms with Crippen molar-refractivity contribution in [3.8, 4) is 0 Å². The SMILES string of the molecule is COP(=O)(Cc1cc(Br)ccc1C(=O)c1conc1C1CC1)OC. The lowest BCUT2D eigenvalue weighted by atomic mass is 9.98. The van der Waals surface area contributed by atoms with Crippen LogP contribution < -0.4 is 0 Å². The standard InChI is InChI=1S/C16H17BrNO5P/c1-21-24(20,22-2)9-11-7-12(17)5-6-13(11)16(19)14-8-23-18-15(14)10-3-4-10/h5-8,10H,3-4,9H2,1-2H3. The molecule has 1 fully saturated rings. The van der Waals surface area contributed by atoms with Crippen molar-refractivity contribution in [3.63, 3.8) is 0 Å². The Balaban J connectivity index is 1.99. The average Bonchev–Trinajstić information content (AvgIpc) is 3.31. The molecular weight excluding hydrogens is 397 g/mol. The zero-order chi connectivity index (χ0) is 17.3. The molecule has 3 rings (SSSR count). The molecule has 0 bridgehead atoms. The zero-order valence-electron chi connectivity index (χ0n) is 13.3. The van der Waals surface area contributed by atoms with Crippen LogP contribution in [0.3, 0.4) is 0 Å². The highest BCUT2D eigenvalue weighted by Gasteiger charge is 2.33. The number of hydrogen-bond acceptors (Lipinski definition) is 6. The number of halogens is 1. The number of hydrogen-bond donors (Lipinski definition) is 0. The highest BCUT2D eigenvalue weighted by atomic mass is 79.9. The summed E-state index contributed by atoms with van der Waals surface area (Å²) in [5.41, 5.74) is 2.20. The minimum Gasteiger partial charge on any atom is -0.364 e. The van der Waals surface area contributed by atoms with E-state index in [1.54, 1.807) is 18.2 Å². The third-order valence-corrected chi connectivity index (χ3v) is 6.37. The normalized spacial score (nSPS) is 14.8. The van der Waals surface area contributed by atoms with E-state index in [9.17, 15) is 9.36 Å². The first-order valence-electron chi connectivity index (χ1n) is 7.45. The fraction of sp³-hybridized carbons (Fsp3) is 0.375. The number of benzene rings is 1. The van der Waals surface area contributed by atoms with E-state index in [-0.39, 0.29) is 11.9 Å². The predicted octanol–water partition coefficient (Wildman–Crippen LogP) is 4.53. The molecular formula is C16H17BrNO5P. The van der Waals surface area contributed by atoms with Gasteiger partial charge >= 0.3 is 7.60 Å². The van der Waals surface area contributed by atoms with Gasteiger partial charge in [-0.1, -0.05) is 21.1 Å². The fourth-order valence-corrected chi connectivity index (χ4v) is 4.03. The molecule has 0 radical (unpaired) electrons. The van der Waals surface area contributed by atoms with Crippen molar-refractivity contribution in [2.75, 3.05) is 14.2 Å². The van der Waals surface area contributed by atoms with E-state index in [2.05, 4.69) is 21.1 Å². The summed E-state index contributed by atoms with van der Waals surface area (Å²) in [6.45, 7) is 0. The van der Waals surface area contributed by atoms with Crippen molar-refractivity contribution in [3.05, 3.63) is 51.3 Å². The Morgan fingerprint density at radius 2 is 2.04 bits per heavy atom. The summed E-state index contributed by atoms with van der Waals surface area (Å²) in [4.78, 5) is 13.0. The molecule has 1 saturated carbocycles. The zero-order valence-corrected chi connectivity index (χ0v) is 15.8. The molecule has 1 aromatic heterocycles. The second kappa shape index (κ2) is 6.92. The molecule has 128 valence electrons. The van der Waals surface area contributed by atoms with Crippen LogP contribution in [0.1, 0.15) is 45.9 Å². The van der Waals surface area contributed by atoms with Gasteiger partial charge in [0, 0.05) is 30.2 Å². The Labute approximate surface area is 148 Å². The van der Waals surface area contributed by atoms with Gasteiger partial charge in [-0.2, -0.15) is 0 Å². The van der Waals surface area contributed by atoms with Crippen molar-refractivity contribution in [1.29, 1.82) is 0 Å². The van der Waals surface area contributed by atoms with Crippen LogP contribution in [0.2, 0.25) is 0 Å². The van der Waals surface area contributed by atoms with Crippen molar-refractivity contribution in [2.45, 2.75) is 24.9 Å². The van der Waals surface area contributed by atoms with Crippen LogP contribution in [-0.2, 0) is 19.8 Å². The van der Waals surface area contributed by atoms with E-state index in [4.69, 9.17) is 13.6 Å². The van der Waals surface area contributed by atoms with Crippen molar-refractivity contribution >= 4 is 29.3 Å². The molecule has 0 aliphatic heterocycles. The lowest BCUT2D eigenvalue weighted by Gasteiger charge is -2.16. The van der Waals surface area contributed by atoms with Crippen LogP contribution >= 0.6 is 23.5 Å². The molecule has 1 aliphatic rings. The van der Waals surface area contributed by atoms with Gasteiger partial charge in [-0.05, 0) is 36.6 Å². The molecule has 0 unspecified atom stereocenters. The van der Waals surface area contributed by atoms with Crippen molar-refractivity contribution in [1.82, 2.24) is 5.16 Å². The largest absolute Gasteiger partial charge is 0.364 e. The molecule has 1 heterocycles. The smallest absolute Gasteiger partial charge is 0.334 e. The first-order chi connectivity index (χ1) is 11.5. The number of rotatable bonds is 7. The maximum Gasteiger partial charge on any atom is 0.334 e. The molecule has 0 amide bonds. The maximum absolute atomic E-state index is 13.0. The molecule has 0 saturated heterocycles. The Hall–Kier alpha value is -1.27. The number of carbonyl (C=O) groups is 1. The third-order valence-electron chi connectivity index (χ3n) is 4.04. The van der Waals surface area contributed by atoms with Gasteiger partial charge in [0.2, 0.25) is 0 Å². The Morgan fingerprint density at radius 1 is 1.33 bits per heavy atom. The van der Waals surface area contributed by atoms with Crippen LogP contribution in [0.25, 0.3) is 0 Å². The number of aromatic nitrogens is 1. The van der Waals surface area contributed by atoms with Gasteiger partial charge in [0.25, 0.3) is 0 Å². The van der Waals surface area contributed by atoms with E-state index >= 15 is 0 Å². The summed E-state index contributed by atoms with van der Waals surface area (Å²) in [5, 5.41) is 3.97. The van der Waals surface area contributed by atoms with Gasteiger partial charge in [-0.15, -0.1) is 0 Å². The molecule has 1 aromatic carbocycles. The molecule has 2 aromatic rings. The van der Waals surface area contributed by atoms with Crippen LogP contribution in [0.4, 0.5) is 0 Å². The topological polar surface area (TPSA) is 78.6 Å². The fourth-order valence-electron chi connectivity index (χ4n) is 2.54. The Bertz CT molecular complexity index is 807. The van der Waals surface area contributed by atoms with E-state index < -0.39 is 7.60 Å². The van der Waals surface area contributed by atoms with Crippen LogP contribution in [0, 0.1) is 0 Å². The van der Waals surface area contributed by atoms with E-state index in [1.165, 1.54) is 20.5 Å². The van der Waals surface area contributed by atoms with E-state index in [0.717, 1.165) is 17.3 Å². The van der Waals surface area contributed by atoms with Gasteiger partial charge < -0.3 is 13.6 Å². The van der Waals surface area contributed by atoms with Gasteiger partial charge in [-0.25, -0.2) is 0 Å². The molecule has 0 N–H and O–H groups in total. The molecule has 1 aliphatic carbocycles. The minimum atomic E-state index is -3.30. The lowest BCUT2D eigenvalue weighted by molar-refractivity contribution is 0.103. The number of nitrogens with zero attached hydrogens (tertiary/aromatic N) is 1. The van der Waals surface area contributed by atoms with Crippen LogP contribution in [-0.4, -0.2) is 25.2 Å². The molecule has 0 spiro atoms. The van der Waals surface area contributed by atoms with Gasteiger partial charge in [-0.3, -0.25) is 9.36 Å². The summed E-state index contributed by atoms with van der Waals surface area (Å²) < 4.78 is 28.3. The first-order valence-corrected chi connectivity index (χ1v) is 9.97. The molecule has 8 heteroatoms. The monoisotopic (exact) mass is 413 g/mol. The van der Waals surface area contributed by atoms with Crippen molar-refractivity contribution in [2.24, 2.45) is 0 Å². The van der Waals surface area contributed by atoms with Crippen molar-refractivity contribution < 1.29 is 22.9 Å². The summed E-state index contributed by atoms with van der Waals surface area (Å²) in [6.07, 6.45) is 3.42. The summed E-state index contributed by atoms with van der Waals surface area (Å²) in [7, 11) is -0.640. The Kier molecular flexibility index (Phi) is 5.06. The Morgan fingerprint density at radius 3 is 2.67 bits per heavy atom. The minimum absolute atomic E-state index is 0.00452. The predicted molar refractivity (Wildman–Crippen MR) is 91.4 cm³/mol. The second-order valence-corrected chi connectivity index (χ2v) is 8.84. The van der Waals surface area contributed by atoms with E-state index in [1.807, 2.05) is 0 Å². The lowest BCUT2D eigenvalue weighted by Crippen LogP contribution is -2.08. The highest BCUT2D eigenvalue weighted by Crippen LogP contribution is 2.50. The van der Waals surface area contributed by atoms with Crippen LogP contribution in [0.15, 0.2) is 33.5 Å². The van der Waals surface area contributed by atoms with Crippen LogP contribution in [0.5, 0.6) is 0 Å². The quantitative estimate of drug-likeness (QED) is 0.489. The van der Waals surface area contributed by atoms with Gasteiger partial charge in [0.15, 0.2) is 5.78 Å². The highest BCUT2D eigenvalue weighted by molar-refractivity contribution is 9.10.